The van der Waals surface area contributed by atoms with Crippen LogP contribution in [0.5, 0.6) is 0 Å². The Hall–Kier alpha value is -2.27. The molecule has 9 nitrogen and oxygen atoms in total. The zero-order valence-corrected chi connectivity index (χ0v) is 22.3. The predicted molar refractivity (Wildman–Crippen MR) is 145 cm³/mol. The third-order valence-corrected chi connectivity index (χ3v) is 6.07. The molecule has 0 atom stereocenters. The van der Waals surface area contributed by atoms with Gasteiger partial charge in [0.2, 0.25) is 0 Å². The van der Waals surface area contributed by atoms with Crippen LogP contribution in [-0.2, 0) is 16.0 Å². The maximum absolute atomic E-state index is 11.4. The molecule has 1 rings (SSSR count). The number of carbonyl (C=O) groups is 2. The average molecular weight is 510 g/mol. The standard InChI is InChI=1S/C25H43N5O4S/c1-4-7-13-26-25(35)27-22-10-8-21(9-11-22)12-14-29(19-23(31)32)17-18-30(20-24(33)34)16-15-28(5-2)6-3/h8-11H,4-7,12-20H2,1-3H3,(H,31,32)(H,33,34)(H2,26,27,35). The maximum Gasteiger partial charge on any atom is 0.317 e. The number of likely N-dealkylation sites (N-methyl/N-ethyl adjacent to an activating group) is 1. The SMILES string of the molecule is CCCCNC(=S)Nc1ccc(CCN(CCN(CCN(CC)CC)CC(=O)O)CC(=O)O)cc1. The van der Waals surface area contributed by atoms with Crippen LogP contribution < -0.4 is 10.6 Å². The summed E-state index contributed by atoms with van der Waals surface area (Å²) in [5.74, 6) is -1.76. The summed E-state index contributed by atoms with van der Waals surface area (Å²) < 4.78 is 0. The number of hydrogen-bond acceptors (Lipinski definition) is 6. The summed E-state index contributed by atoms with van der Waals surface area (Å²) in [6, 6.07) is 7.95. The van der Waals surface area contributed by atoms with E-state index in [-0.39, 0.29) is 13.1 Å². The van der Waals surface area contributed by atoms with Crippen molar-refractivity contribution in [3.63, 3.8) is 0 Å². The first-order valence-corrected chi connectivity index (χ1v) is 12.9. The molecule has 0 aliphatic rings. The Morgan fingerprint density at radius 2 is 1.34 bits per heavy atom. The summed E-state index contributed by atoms with van der Waals surface area (Å²) in [5.41, 5.74) is 2.00. The van der Waals surface area contributed by atoms with Gasteiger partial charge in [-0.3, -0.25) is 19.4 Å². The van der Waals surface area contributed by atoms with Crippen LogP contribution in [0.15, 0.2) is 24.3 Å². The number of nitrogens with one attached hydrogen (secondary N) is 2. The van der Waals surface area contributed by atoms with E-state index in [1.807, 2.05) is 34.1 Å². The molecule has 10 heteroatoms. The van der Waals surface area contributed by atoms with Gasteiger partial charge in [-0.2, -0.15) is 0 Å². The van der Waals surface area contributed by atoms with Crippen LogP contribution >= 0.6 is 12.2 Å². The molecule has 0 aliphatic heterocycles. The van der Waals surface area contributed by atoms with E-state index in [1.54, 1.807) is 0 Å². The first-order chi connectivity index (χ1) is 16.8. The zero-order valence-electron chi connectivity index (χ0n) is 21.5. The zero-order chi connectivity index (χ0) is 26.1. The number of rotatable bonds is 19. The van der Waals surface area contributed by atoms with Crippen LogP contribution in [0.1, 0.15) is 39.2 Å². The van der Waals surface area contributed by atoms with Crippen molar-refractivity contribution in [1.82, 2.24) is 20.0 Å². The number of aliphatic carboxylic acids is 2. The van der Waals surface area contributed by atoms with Crippen molar-refractivity contribution in [2.75, 3.05) is 70.8 Å². The van der Waals surface area contributed by atoms with Crippen molar-refractivity contribution in [2.24, 2.45) is 0 Å². The minimum atomic E-state index is -0.887. The van der Waals surface area contributed by atoms with Gasteiger partial charge < -0.3 is 25.7 Å². The highest BCUT2D eigenvalue weighted by atomic mass is 32.1. The number of anilines is 1. The molecule has 1 aromatic rings. The molecule has 1 aromatic carbocycles. The lowest BCUT2D eigenvalue weighted by atomic mass is 10.1. The molecule has 0 aliphatic carbocycles. The second-order valence-electron chi connectivity index (χ2n) is 8.55. The number of nitrogens with zero attached hydrogens (tertiary/aromatic N) is 3. The molecule has 0 unspecified atom stereocenters. The van der Waals surface area contributed by atoms with E-state index in [0.717, 1.165) is 50.3 Å². The Balaban J connectivity index is 2.61. The summed E-state index contributed by atoms with van der Waals surface area (Å²) in [7, 11) is 0. The van der Waals surface area contributed by atoms with Crippen LogP contribution in [0.4, 0.5) is 5.69 Å². The number of unbranched alkanes of at least 4 members (excludes halogenated alkanes) is 1. The van der Waals surface area contributed by atoms with Crippen molar-refractivity contribution in [1.29, 1.82) is 0 Å². The van der Waals surface area contributed by atoms with E-state index in [0.29, 0.717) is 37.7 Å². The normalized spacial score (nSPS) is 11.3. The number of hydrogen-bond donors (Lipinski definition) is 4. The fraction of sp³-hybridized carbons (Fsp3) is 0.640. The van der Waals surface area contributed by atoms with Crippen LogP contribution in [0.25, 0.3) is 0 Å². The molecule has 0 spiro atoms. The smallest absolute Gasteiger partial charge is 0.317 e. The Labute approximate surface area is 215 Å². The maximum atomic E-state index is 11.4. The second-order valence-corrected chi connectivity index (χ2v) is 8.96. The van der Waals surface area contributed by atoms with Gasteiger partial charge in [-0.25, -0.2) is 0 Å². The second kappa shape index (κ2) is 18.1. The van der Waals surface area contributed by atoms with E-state index in [9.17, 15) is 19.8 Å². The van der Waals surface area contributed by atoms with Gasteiger partial charge in [0.15, 0.2) is 5.11 Å². The summed E-state index contributed by atoms with van der Waals surface area (Å²) in [6.07, 6.45) is 2.87. The highest BCUT2D eigenvalue weighted by Gasteiger charge is 2.15. The summed E-state index contributed by atoms with van der Waals surface area (Å²) >= 11 is 5.30. The Morgan fingerprint density at radius 3 is 1.83 bits per heavy atom. The molecule has 0 saturated carbocycles. The number of carboxylic acids is 2. The van der Waals surface area contributed by atoms with E-state index in [4.69, 9.17) is 12.2 Å². The fourth-order valence-corrected chi connectivity index (χ4v) is 3.84. The van der Waals surface area contributed by atoms with E-state index >= 15 is 0 Å². The molecule has 4 N–H and O–H groups in total. The molecule has 198 valence electrons. The monoisotopic (exact) mass is 509 g/mol. The molecule has 0 saturated heterocycles. The van der Waals surface area contributed by atoms with Gasteiger partial charge in [0.05, 0.1) is 13.1 Å². The van der Waals surface area contributed by atoms with Gasteiger partial charge in [-0.05, 0) is 55.8 Å². The van der Waals surface area contributed by atoms with Crippen LogP contribution in [0.3, 0.4) is 0 Å². The predicted octanol–water partition coefficient (Wildman–Crippen LogP) is 2.43. The van der Waals surface area contributed by atoms with Crippen molar-refractivity contribution >= 4 is 35.0 Å². The molecular weight excluding hydrogens is 466 g/mol. The lowest BCUT2D eigenvalue weighted by Crippen LogP contribution is -2.43. The molecule has 0 amide bonds. The minimum absolute atomic E-state index is 0.0498. The highest BCUT2D eigenvalue weighted by molar-refractivity contribution is 7.80. The van der Waals surface area contributed by atoms with Crippen molar-refractivity contribution in [2.45, 2.75) is 40.0 Å². The van der Waals surface area contributed by atoms with Gasteiger partial charge in [-0.15, -0.1) is 0 Å². The first kappa shape index (κ1) is 30.8. The number of benzene rings is 1. The van der Waals surface area contributed by atoms with Gasteiger partial charge in [0.25, 0.3) is 0 Å². The van der Waals surface area contributed by atoms with E-state index in [2.05, 4.69) is 36.3 Å². The molecular formula is C25H43N5O4S. The third kappa shape index (κ3) is 14.7. The first-order valence-electron chi connectivity index (χ1n) is 12.5. The van der Waals surface area contributed by atoms with Crippen molar-refractivity contribution in [3.8, 4) is 0 Å². The average Bonchev–Trinajstić information content (AvgIpc) is 2.81. The van der Waals surface area contributed by atoms with Crippen molar-refractivity contribution < 1.29 is 19.8 Å². The molecule has 0 fully saturated rings. The Bertz CT molecular complexity index is 759. The molecule has 0 heterocycles. The molecule has 35 heavy (non-hydrogen) atoms. The quantitative estimate of drug-likeness (QED) is 0.164. The van der Waals surface area contributed by atoms with Crippen molar-refractivity contribution in [3.05, 3.63) is 29.8 Å². The van der Waals surface area contributed by atoms with E-state index < -0.39 is 11.9 Å². The molecule has 0 aromatic heterocycles. The Morgan fingerprint density at radius 1 is 0.829 bits per heavy atom. The van der Waals surface area contributed by atoms with Gasteiger partial charge in [0.1, 0.15) is 0 Å². The minimum Gasteiger partial charge on any atom is -0.480 e. The largest absolute Gasteiger partial charge is 0.480 e. The molecule has 0 radical (unpaired) electrons. The molecule has 0 bridgehead atoms. The Kier molecular flexibility index (Phi) is 15.9. The highest BCUT2D eigenvalue weighted by Crippen LogP contribution is 2.11. The third-order valence-electron chi connectivity index (χ3n) is 5.82. The summed E-state index contributed by atoms with van der Waals surface area (Å²) in [5, 5.41) is 25.6. The number of thiocarbonyl (C=S) groups is 1. The topological polar surface area (TPSA) is 108 Å². The summed E-state index contributed by atoms with van der Waals surface area (Å²) in [4.78, 5) is 28.7. The van der Waals surface area contributed by atoms with E-state index in [1.165, 1.54) is 0 Å². The van der Waals surface area contributed by atoms with Crippen LogP contribution in [0, 0.1) is 0 Å². The van der Waals surface area contributed by atoms with Gasteiger partial charge >= 0.3 is 11.9 Å². The van der Waals surface area contributed by atoms with Crippen LogP contribution in [0.2, 0.25) is 0 Å². The lowest BCUT2D eigenvalue weighted by Gasteiger charge is -2.28. The lowest BCUT2D eigenvalue weighted by molar-refractivity contribution is -0.140. The van der Waals surface area contributed by atoms with Crippen LogP contribution in [-0.4, -0.2) is 107 Å². The number of carboxylic acid groups (broad SMARTS) is 2. The van der Waals surface area contributed by atoms with Gasteiger partial charge in [0, 0.05) is 45.0 Å². The van der Waals surface area contributed by atoms with Gasteiger partial charge in [-0.1, -0.05) is 39.3 Å². The fourth-order valence-electron chi connectivity index (χ4n) is 3.62. The summed E-state index contributed by atoms with van der Waals surface area (Å²) in [6.45, 7) is 11.9.